The monoisotopic (exact) mass is 520 g/mol. The summed E-state index contributed by atoms with van der Waals surface area (Å²) in [5.41, 5.74) is 2.81. The quantitative estimate of drug-likeness (QED) is 0.398. The minimum absolute atomic E-state index is 0.0611. The lowest BCUT2D eigenvalue weighted by atomic mass is 9.82. The number of benzene rings is 2. The third-order valence-electron chi connectivity index (χ3n) is 7.99. The Morgan fingerprint density at radius 3 is 2.55 bits per heavy atom. The molecule has 0 spiro atoms. The number of methoxy groups -OCH3 is 1. The van der Waals surface area contributed by atoms with E-state index in [1.807, 2.05) is 41.3 Å². The first-order valence-electron chi connectivity index (χ1n) is 13.8. The third-order valence-corrected chi connectivity index (χ3v) is 7.99. The van der Waals surface area contributed by atoms with E-state index < -0.39 is 11.6 Å². The van der Waals surface area contributed by atoms with Crippen LogP contribution < -0.4 is 20.7 Å². The van der Waals surface area contributed by atoms with Gasteiger partial charge in [-0.3, -0.25) is 9.59 Å². The number of likely N-dealkylation sites (tertiary alicyclic amines) is 1. The number of hydrogen-bond donors (Lipinski definition) is 3. The van der Waals surface area contributed by atoms with Gasteiger partial charge < -0.3 is 30.3 Å². The first-order chi connectivity index (χ1) is 18.5. The molecule has 8 heteroatoms. The highest BCUT2D eigenvalue weighted by molar-refractivity contribution is 5.88. The molecule has 38 heavy (non-hydrogen) atoms. The topological polar surface area (TPSA) is 91.9 Å². The van der Waals surface area contributed by atoms with Gasteiger partial charge in [-0.15, -0.1) is 0 Å². The van der Waals surface area contributed by atoms with Crippen molar-refractivity contribution in [1.29, 1.82) is 0 Å². The minimum Gasteiger partial charge on any atom is -0.497 e. The van der Waals surface area contributed by atoms with E-state index in [9.17, 15) is 9.59 Å². The summed E-state index contributed by atoms with van der Waals surface area (Å²) in [5, 5.41) is 9.64. The van der Waals surface area contributed by atoms with E-state index >= 15 is 0 Å². The van der Waals surface area contributed by atoms with Crippen molar-refractivity contribution in [1.82, 2.24) is 20.9 Å². The predicted molar refractivity (Wildman–Crippen MR) is 146 cm³/mol. The van der Waals surface area contributed by atoms with Crippen LogP contribution in [0.3, 0.4) is 0 Å². The average Bonchev–Trinajstić information content (AvgIpc) is 3.59. The lowest BCUT2D eigenvalue weighted by molar-refractivity contribution is -0.176. The molecule has 3 aliphatic rings. The SMILES string of the molecule is COc1ccc(C[C@H](NC(=O)CCC2CNCN2)C(=O)N2CC(OCC3CC3)(c3ccccc3C)C2)cc1. The summed E-state index contributed by atoms with van der Waals surface area (Å²) in [4.78, 5) is 28.6. The van der Waals surface area contributed by atoms with Crippen molar-refractivity contribution in [3.05, 3.63) is 65.2 Å². The Balaban J connectivity index is 1.28. The second kappa shape index (κ2) is 11.8. The number of nitrogens with one attached hydrogen (secondary N) is 3. The summed E-state index contributed by atoms with van der Waals surface area (Å²) in [6.45, 7) is 5.45. The Bertz CT molecular complexity index is 1110. The van der Waals surface area contributed by atoms with Crippen molar-refractivity contribution < 1.29 is 19.1 Å². The maximum atomic E-state index is 13.8. The van der Waals surface area contributed by atoms with E-state index in [1.54, 1.807) is 7.11 Å². The van der Waals surface area contributed by atoms with Gasteiger partial charge in [-0.25, -0.2) is 0 Å². The van der Waals surface area contributed by atoms with Crippen LogP contribution in [0.2, 0.25) is 0 Å². The van der Waals surface area contributed by atoms with Crippen LogP contribution in [0.5, 0.6) is 5.75 Å². The van der Waals surface area contributed by atoms with Crippen molar-refractivity contribution >= 4 is 11.8 Å². The third kappa shape index (κ3) is 6.37. The Morgan fingerprint density at radius 1 is 1.13 bits per heavy atom. The number of carbonyl (C=O) groups is 2. The van der Waals surface area contributed by atoms with Gasteiger partial charge in [0.25, 0.3) is 0 Å². The second-order valence-corrected chi connectivity index (χ2v) is 11.0. The molecule has 2 heterocycles. The summed E-state index contributed by atoms with van der Waals surface area (Å²) in [7, 11) is 1.63. The molecule has 2 atom stereocenters. The van der Waals surface area contributed by atoms with Gasteiger partial charge in [-0.1, -0.05) is 36.4 Å². The molecule has 2 saturated heterocycles. The summed E-state index contributed by atoms with van der Waals surface area (Å²) in [6, 6.07) is 15.6. The van der Waals surface area contributed by atoms with Crippen molar-refractivity contribution in [2.24, 2.45) is 5.92 Å². The van der Waals surface area contributed by atoms with E-state index in [-0.39, 0.29) is 17.9 Å². The number of hydrogen-bond acceptors (Lipinski definition) is 6. The zero-order valence-electron chi connectivity index (χ0n) is 22.5. The fourth-order valence-electron chi connectivity index (χ4n) is 5.44. The maximum Gasteiger partial charge on any atom is 0.245 e. The number of carbonyl (C=O) groups excluding carboxylic acids is 2. The number of aryl methyl sites for hydroxylation is 1. The lowest BCUT2D eigenvalue weighted by Gasteiger charge is -2.51. The molecule has 1 aliphatic carbocycles. The Labute approximate surface area is 225 Å². The summed E-state index contributed by atoms with van der Waals surface area (Å²) in [5.74, 6) is 1.24. The molecular formula is C30H40N4O4. The van der Waals surface area contributed by atoms with Gasteiger partial charge in [-0.2, -0.15) is 0 Å². The highest BCUT2D eigenvalue weighted by atomic mass is 16.5. The van der Waals surface area contributed by atoms with Gasteiger partial charge in [0.1, 0.15) is 17.4 Å². The molecule has 2 amide bonds. The fraction of sp³-hybridized carbons (Fsp3) is 0.533. The molecular weight excluding hydrogens is 480 g/mol. The van der Waals surface area contributed by atoms with Gasteiger partial charge in [0.05, 0.1) is 26.8 Å². The van der Waals surface area contributed by atoms with Crippen molar-refractivity contribution in [2.45, 2.75) is 56.7 Å². The van der Waals surface area contributed by atoms with Gasteiger partial charge in [0, 0.05) is 32.1 Å². The van der Waals surface area contributed by atoms with Crippen LogP contribution in [-0.4, -0.2) is 68.8 Å². The Kier molecular flexibility index (Phi) is 8.31. The van der Waals surface area contributed by atoms with E-state index in [1.165, 1.54) is 18.4 Å². The van der Waals surface area contributed by atoms with Gasteiger partial charge in [0.15, 0.2) is 0 Å². The van der Waals surface area contributed by atoms with Crippen LogP contribution in [0.4, 0.5) is 0 Å². The van der Waals surface area contributed by atoms with Gasteiger partial charge >= 0.3 is 0 Å². The first kappa shape index (κ1) is 26.7. The molecule has 0 aromatic heterocycles. The molecule has 5 rings (SSSR count). The predicted octanol–water partition coefficient (Wildman–Crippen LogP) is 2.49. The molecule has 3 N–H and O–H groups in total. The number of ether oxygens (including phenoxy) is 2. The van der Waals surface area contributed by atoms with Crippen LogP contribution in [0, 0.1) is 12.8 Å². The summed E-state index contributed by atoms with van der Waals surface area (Å²) in [6.07, 6.45) is 3.97. The van der Waals surface area contributed by atoms with Crippen molar-refractivity contribution in [3.63, 3.8) is 0 Å². The highest BCUT2D eigenvalue weighted by Crippen LogP contribution is 2.40. The van der Waals surface area contributed by atoms with Crippen LogP contribution in [0.1, 0.15) is 42.4 Å². The molecule has 1 saturated carbocycles. The van der Waals surface area contributed by atoms with E-state index in [2.05, 4.69) is 35.0 Å². The summed E-state index contributed by atoms with van der Waals surface area (Å²) < 4.78 is 11.8. The lowest BCUT2D eigenvalue weighted by Crippen LogP contribution is -2.66. The average molecular weight is 521 g/mol. The summed E-state index contributed by atoms with van der Waals surface area (Å²) >= 11 is 0. The van der Waals surface area contributed by atoms with Crippen LogP contribution >= 0.6 is 0 Å². The highest BCUT2D eigenvalue weighted by Gasteiger charge is 2.50. The largest absolute Gasteiger partial charge is 0.497 e. The van der Waals surface area contributed by atoms with E-state index in [4.69, 9.17) is 9.47 Å². The smallest absolute Gasteiger partial charge is 0.245 e. The zero-order valence-corrected chi connectivity index (χ0v) is 22.5. The molecule has 1 unspecified atom stereocenters. The minimum atomic E-state index is -0.635. The second-order valence-electron chi connectivity index (χ2n) is 11.0. The molecule has 2 aromatic carbocycles. The fourth-order valence-corrected chi connectivity index (χ4v) is 5.44. The first-order valence-corrected chi connectivity index (χ1v) is 13.8. The van der Waals surface area contributed by atoms with E-state index in [0.29, 0.717) is 31.8 Å². The molecule has 8 nitrogen and oxygen atoms in total. The van der Waals surface area contributed by atoms with Crippen molar-refractivity contribution in [2.75, 3.05) is 40.0 Å². The van der Waals surface area contributed by atoms with Gasteiger partial charge in [-0.05, 0) is 60.9 Å². The number of nitrogens with zero attached hydrogens (tertiary/aromatic N) is 1. The Morgan fingerprint density at radius 2 is 1.89 bits per heavy atom. The number of amides is 2. The maximum absolute atomic E-state index is 13.8. The van der Waals surface area contributed by atoms with Crippen LogP contribution in [0.25, 0.3) is 0 Å². The normalized spacial score (nSPS) is 21.0. The molecule has 0 bridgehead atoms. The van der Waals surface area contributed by atoms with Gasteiger partial charge in [0.2, 0.25) is 11.8 Å². The number of rotatable bonds is 12. The standard InChI is InChI=1S/C30H40N4O4/c1-21-5-3-4-6-26(21)30(38-17-23-7-8-23)18-34(19-30)29(36)27(15-22-9-12-25(37-2)13-10-22)33-28(35)14-11-24-16-31-20-32-24/h3-6,9-10,12-13,23-24,27,31-32H,7-8,11,14-20H2,1-2H3,(H,33,35)/t24?,27-/m0/s1. The zero-order chi connectivity index (χ0) is 26.5. The molecule has 2 aliphatic heterocycles. The molecule has 204 valence electrons. The van der Waals surface area contributed by atoms with Crippen LogP contribution in [0.15, 0.2) is 48.5 Å². The Hall–Kier alpha value is -2.94. The van der Waals surface area contributed by atoms with Crippen molar-refractivity contribution in [3.8, 4) is 5.75 Å². The van der Waals surface area contributed by atoms with Crippen LogP contribution in [-0.2, 0) is 26.3 Å². The molecule has 0 radical (unpaired) electrons. The molecule has 2 aromatic rings. The molecule has 3 fully saturated rings. The van der Waals surface area contributed by atoms with E-state index in [0.717, 1.165) is 43.1 Å².